The summed E-state index contributed by atoms with van der Waals surface area (Å²) in [6.07, 6.45) is 1.02. The number of aromatic carboxylic acids is 1. The maximum atomic E-state index is 13.1. The molecule has 0 aromatic heterocycles. The van der Waals surface area contributed by atoms with Crippen LogP contribution >= 0.6 is 0 Å². The van der Waals surface area contributed by atoms with Crippen LogP contribution in [-0.4, -0.2) is 50.1 Å². The molecule has 1 fully saturated rings. The number of methoxy groups -OCH3 is 1. The van der Waals surface area contributed by atoms with Gasteiger partial charge in [0, 0.05) is 13.1 Å². The van der Waals surface area contributed by atoms with Crippen molar-refractivity contribution in [2.75, 3.05) is 20.2 Å². The monoisotopic (exact) mass is 433 g/mol. The van der Waals surface area contributed by atoms with Gasteiger partial charge in [-0.2, -0.15) is 4.31 Å². The number of sulfonamides is 1. The molecule has 3 rings (SSSR count). The molecule has 162 valence electrons. The minimum Gasteiger partial charge on any atom is -0.495 e. The van der Waals surface area contributed by atoms with Crippen LogP contribution in [0.4, 0.5) is 0 Å². The van der Waals surface area contributed by atoms with Gasteiger partial charge in [-0.3, -0.25) is 0 Å². The SMILES string of the molecule is COc1ccc(C(=O)O)cc1S(=O)(=O)N1CCC(Oc2ccc(C(C)C)cc2)CC1. The molecular weight excluding hydrogens is 406 g/mol. The van der Waals surface area contributed by atoms with Gasteiger partial charge in [-0.1, -0.05) is 26.0 Å². The zero-order chi connectivity index (χ0) is 21.9. The fourth-order valence-electron chi connectivity index (χ4n) is 3.46. The molecule has 1 heterocycles. The normalized spacial score (nSPS) is 15.9. The Hall–Kier alpha value is -2.58. The van der Waals surface area contributed by atoms with Crippen LogP contribution < -0.4 is 9.47 Å². The first kappa shape index (κ1) is 22.1. The first-order valence-corrected chi connectivity index (χ1v) is 11.3. The largest absolute Gasteiger partial charge is 0.495 e. The average molecular weight is 434 g/mol. The Bertz CT molecular complexity index is 993. The summed E-state index contributed by atoms with van der Waals surface area (Å²) in [4.78, 5) is 11.1. The molecule has 30 heavy (non-hydrogen) atoms. The molecule has 0 atom stereocenters. The zero-order valence-electron chi connectivity index (χ0n) is 17.4. The van der Waals surface area contributed by atoms with Crippen molar-refractivity contribution >= 4 is 16.0 Å². The van der Waals surface area contributed by atoms with Crippen molar-refractivity contribution in [3.05, 3.63) is 53.6 Å². The number of hydrogen-bond acceptors (Lipinski definition) is 5. The van der Waals surface area contributed by atoms with Crippen molar-refractivity contribution < 1.29 is 27.8 Å². The van der Waals surface area contributed by atoms with Crippen LogP contribution in [0.3, 0.4) is 0 Å². The van der Waals surface area contributed by atoms with E-state index in [-0.39, 0.29) is 35.4 Å². The Morgan fingerprint density at radius 1 is 1.10 bits per heavy atom. The van der Waals surface area contributed by atoms with Gasteiger partial charge in [-0.15, -0.1) is 0 Å². The van der Waals surface area contributed by atoms with Crippen LogP contribution in [0.5, 0.6) is 11.5 Å². The summed E-state index contributed by atoms with van der Waals surface area (Å²) in [5, 5.41) is 9.21. The quantitative estimate of drug-likeness (QED) is 0.715. The zero-order valence-corrected chi connectivity index (χ0v) is 18.2. The lowest BCUT2D eigenvalue weighted by molar-refractivity contribution is 0.0696. The molecule has 2 aromatic rings. The number of piperidine rings is 1. The molecule has 0 unspecified atom stereocenters. The summed E-state index contributed by atoms with van der Waals surface area (Å²) in [6.45, 7) is 4.84. The van der Waals surface area contributed by atoms with E-state index in [9.17, 15) is 18.3 Å². The van der Waals surface area contributed by atoms with Crippen molar-refractivity contribution in [1.29, 1.82) is 0 Å². The summed E-state index contributed by atoms with van der Waals surface area (Å²) in [6, 6.07) is 11.8. The summed E-state index contributed by atoms with van der Waals surface area (Å²) >= 11 is 0. The highest BCUT2D eigenvalue weighted by molar-refractivity contribution is 7.89. The number of ether oxygens (including phenoxy) is 2. The summed E-state index contributed by atoms with van der Waals surface area (Å²) < 4.78 is 38.8. The van der Waals surface area contributed by atoms with Crippen LogP contribution in [0, 0.1) is 0 Å². The molecule has 1 aliphatic rings. The van der Waals surface area contributed by atoms with Gasteiger partial charge >= 0.3 is 5.97 Å². The van der Waals surface area contributed by atoms with Crippen molar-refractivity contribution in [2.24, 2.45) is 0 Å². The number of carbonyl (C=O) groups is 1. The van der Waals surface area contributed by atoms with Gasteiger partial charge in [-0.05, 0) is 54.7 Å². The maximum Gasteiger partial charge on any atom is 0.335 e. The van der Waals surface area contributed by atoms with Crippen LogP contribution in [-0.2, 0) is 10.0 Å². The minimum atomic E-state index is -3.88. The number of benzene rings is 2. The molecule has 8 heteroatoms. The van der Waals surface area contributed by atoms with E-state index in [2.05, 4.69) is 13.8 Å². The first-order valence-electron chi connectivity index (χ1n) is 9.90. The molecule has 7 nitrogen and oxygen atoms in total. The highest BCUT2D eigenvalue weighted by atomic mass is 32.2. The number of carboxylic acids is 1. The number of hydrogen-bond donors (Lipinski definition) is 1. The molecule has 0 saturated carbocycles. The van der Waals surface area contributed by atoms with Crippen molar-refractivity contribution in [3.8, 4) is 11.5 Å². The van der Waals surface area contributed by atoms with E-state index >= 15 is 0 Å². The number of nitrogens with zero attached hydrogens (tertiary/aromatic N) is 1. The van der Waals surface area contributed by atoms with Crippen LogP contribution in [0.15, 0.2) is 47.4 Å². The average Bonchev–Trinajstić information content (AvgIpc) is 2.74. The van der Waals surface area contributed by atoms with Gasteiger partial charge in [0.1, 0.15) is 22.5 Å². The molecule has 1 N–H and O–H groups in total. The molecular formula is C22H27NO6S. The summed E-state index contributed by atoms with van der Waals surface area (Å²) in [5.41, 5.74) is 1.14. The van der Waals surface area contributed by atoms with E-state index in [1.54, 1.807) is 0 Å². The highest BCUT2D eigenvalue weighted by Crippen LogP contribution is 2.30. The fourth-order valence-corrected chi connectivity index (χ4v) is 5.12. The maximum absolute atomic E-state index is 13.1. The van der Waals surface area contributed by atoms with E-state index in [1.165, 1.54) is 29.1 Å². The van der Waals surface area contributed by atoms with Crippen molar-refractivity contribution in [2.45, 2.75) is 43.6 Å². The Labute approximate surface area is 177 Å². The molecule has 0 radical (unpaired) electrons. The van der Waals surface area contributed by atoms with Crippen LogP contribution in [0.25, 0.3) is 0 Å². The van der Waals surface area contributed by atoms with Gasteiger partial charge in [0.25, 0.3) is 0 Å². The summed E-state index contributed by atoms with van der Waals surface area (Å²) in [5.74, 6) is 0.161. The number of carboxylic acid groups (broad SMARTS) is 1. The predicted octanol–water partition coefficient (Wildman–Crippen LogP) is 3.75. The lowest BCUT2D eigenvalue weighted by Crippen LogP contribution is -2.41. The molecule has 1 saturated heterocycles. The first-order chi connectivity index (χ1) is 14.2. The molecule has 0 amide bonds. The molecule has 0 aliphatic carbocycles. The van der Waals surface area contributed by atoms with Crippen molar-refractivity contribution in [3.63, 3.8) is 0 Å². The smallest absolute Gasteiger partial charge is 0.335 e. The number of rotatable bonds is 7. The molecule has 0 bridgehead atoms. The third kappa shape index (κ3) is 4.76. The summed E-state index contributed by atoms with van der Waals surface area (Å²) in [7, 11) is -2.52. The third-order valence-electron chi connectivity index (χ3n) is 5.28. The van der Waals surface area contributed by atoms with E-state index < -0.39 is 16.0 Å². The lowest BCUT2D eigenvalue weighted by atomic mass is 10.0. The van der Waals surface area contributed by atoms with Crippen molar-refractivity contribution in [1.82, 2.24) is 4.31 Å². The van der Waals surface area contributed by atoms with Gasteiger partial charge < -0.3 is 14.6 Å². The van der Waals surface area contributed by atoms with Gasteiger partial charge in [0.15, 0.2) is 0 Å². The Morgan fingerprint density at radius 3 is 2.27 bits per heavy atom. The topological polar surface area (TPSA) is 93.1 Å². The molecule has 2 aromatic carbocycles. The highest BCUT2D eigenvalue weighted by Gasteiger charge is 2.32. The standard InChI is InChI=1S/C22H27NO6S/c1-15(2)16-4-7-18(8-5-16)29-19-10-12-23(13-11-19)30(26,27)21-14-17(22(24)25)6-9-20(21)28-3/h4-9,14-15,19H,10-13H2,1-3H3,(H,24,25). The van der Waals surface area contributed by atoms with E-state index in [4.69, 9.17) is 9.47 Å². The second-order valence-corrected chi connectivity index (χ2v) is 9.52. The van der Waals surface area contributed by atoms with Crippen LogP contribution in [0.1, 0.15) is 48.5 Å². The fraction of sp³-hybridized carbons (Fsp3) is 0.409. The second-order valence-electron chi connectivity index (χ2n) is 7.62. The Morgan fingerprint density at radius 2 is 1.73 bits per heavy atom. The molecule has 1 aliphatic heterocycles. The third-order valence-corrected chi connectivity index (χ3v) is 7.20. The van der Waals surface area contributed by atoms with E-state index in [0.29, 0.717) is 18.8 Å². The lowest BCUT2D eigenvalue weighted by Gasteiger charge is -2.31. The Balaban J connectivity index is 1.69. The van der Waals surface area contributed by atoms with Crippen LogP contribution in [0.2, 0.25) is 0 Å². The Kier molecular flexibility index (Phi) is 6.67. The predicted molar refractivity (Wildman–Crippen MR) is 113 cm³/mol. The minimum absolute atomic E-state index is 0.0754. The van der Waals surface area contributed by atoms with Gasteiger partial charge in [0.05, 0.1) is 12.7 Å². The second kappa shape index (κ2) is 9.06. The van der Waals surface area contributed by atoms with E-state index in [1.807, 2.05) is 24.3 Å². The van der Waals surface area contributed by atoms with E-state index in [0.717, 1.165) is 11.8 Å². The van der Waals surface area contributed by atoms with Gasteiger partial charge in [0.2, 0.25) is 10.0 Å². The van der Waals surface area contributed by atoms with Gasteiger partial charge in [-0.25, -0.2) is 13.2 Å². The molecule has 0 spiro atoms.